The Labute approximate surface area is 132 Å². The first kappa shape index (κ1) is 14.2. The predicted molar refractivity (Wildman–Crippen MR) is 89.3 cm³/mol. The monoisotopic (exact) mass is 350 g/mol. The summed E-state index contributed by atoms with van der Waals surface area (Å²) in [6, 6.07) is 6.94. The van der Waals surface area contributed by atoms with E-state index in [1.54, 1.807) is 0 Å². The number of fused-ring (bicyclic) bond motifs is 1. The van der Waals surface area contributed by atoms with Gasteiger partial charge in [0.2, 0.25) is 0 Å². The number of rotatable bonds is 3. The molecule has 0 bridgehead atoms. The van der Waals surface area contributed by atoms with Crippen molar-refractivity contribution in [2.45, 2.75) is 39.2 Å². The van der Waals surface area contributed by atoms with Gasteiger partial charge < -0.3 is 5.32 Å². The van der Waals surface area contributed by atoms with Crippen LogP contribution in [0.3, 0.4) is 0 Å². The lowest BCUT2D eigenvalue weighted by molar-refractivity contribution is 0.465. The Hall–Kier alpha value is -0.710. The van der Waals surface area contributed by atoms with Crippen LogP contribution in [-0.2, 0) is 6.42 Å². The van der Waals surface area contributed by atoms with E-state index in [4.69, 9.17) is 4.98 Å². The average molecular weight is 351 g/mol. The minimum Gasteiger partial charge on any atom is -0.309 e. The van der Waals surface area contributed by atoms with Crippen LogP contribution in [0.1, 0.15) is 41.9 Å². The summed E-state index contributed by atoms with van der Waals surface area (Å²) in [4.78, 5) is 6.40. The van der Waals surface area contributed by atoms with Crippen LogP contribution in [0.15, 0.2) is 22.7 Å². The Morgan fingerprint density at radius 1 is 1.45 bits per heavy atom. The van der Waals surface area contributed by atoms with Crippen LogP contribution >= 0.6 is 27.3 Å². The van der Waals surface area contributed by atoms with E-state index < -0.39 is 0 Å². The molecule has 0 radical (unpaired) electrons. The SMILES string of the molecule is CCNC1CCCc2sc(-c3ccc(Br)c(C)c3)nc21. The highest BCUT2D eigenvalue weighted by molar-refractivity contribution is 9.10. The largest absolute Gasteiger partial charge is 0.309 e. The molecule has 2 aromatic rings. The minimum absolute atomic E-state index is 0.449. The number of hydrogen-bond donors (Lipinski definition) is 1. The van der Waals surface area contributed by atoms with Crippen LogP contribution in [-0.4, -0.2) is 11.5 Å². The molecule has 1 N–H and O–H groups in total. The topological polar surface area (TPSA) is 24.9 Å². The number of benzene rings is 1. The molecule has 20 heavy (non-hydrogen) atoms. The summed E-state index contributed by atoms with van der Waals surface area (Å²) in [5, 5.41) is 4.73. The quantitative estimate of drug-likeness (QED) is 0.854. The van der Waals surface area contributed by atoms with Crippen LogP contribution in [0.4, 0.5) is 0 Å². The molecule has 4 heteroatoms. The zero-order valence-corrected chi connectivity index (χ0v) is 14.3. The Morgan fingerprint density at radius 2 is 2.30 bits per heavy atom. The van der Waals surface area contributed by atoms with Crippen molar-refractivity contribution in [3.05, 3.63) is 38.8 Å². The first-order valence-electron chi connectivity index (χ1n) is 7.18. The molecule has 1 aliphatic rings. The number of thiazole rings is 1. The van der Waals surface area contributed by atoms with E-state index in [1.807, 2.05) is 11.3 Å². The van der Waals surface area contributed by atoms with E-state index in [0.717, 1.165) is 16.0 Å². The normalized spacial score (nSPS) is 18.1. The summed E-state index contributed by atoms with van der Waals surface area (Å²) in [5.41, 5.74) is 3.79. The van der Waals surface area contributed by atoms with Crippen LogP contribution in [0, 0.1) is 6.92 Å². The highest BCUT2D eigenvalue weighted by atomic mass is 79.9. The fraction of sp³-hybridized carbons (Fsp3) is 0.438. The summed E-state index contributed by atoms with van der Waals surface area (Å²) in [7, 11) is 0. The third-order valence-corrected chi connectivity index (χ3v) is 5.88. The van der Waals surface area contributed by atoms with Crippen molar-refractivity contribution >= 4 is 27.3 Å². The third-order valence-electron chi connectivity index (χ3n) is 3.81. The number of halogens is 1. The van der Waals surface area contributed by atoms with E-state index >= 15 is 0 Å². The van der Waals surface area contributed by atoms with E-state index in [-0.39, 0.29) is 0 Å². The lowest BCUT2D eigenvalue weighted by atomic mass is 9.97. The maximum Gasteiger partial charge on any atom is 0.123 e. The molecule has 2 nitrogen and oxygen atoms in total. The molecule has 0 saturated carbocycles. The van der Waals surface area contributed by atoms with E-state index in [9.17, 15) is 0 Å². The second kappa shape index (κ2) is 5.96. The van der Waals surface area contributed by atoms with E-state index in [2.05, 4.69) is 53.3 Å². The van der Waals surface area contributed by atoms with Crippen LogP contribution in [0.2, 0.25) is 0 Å². The number of hydrogen-bond acceptors (Lipinski definition) is 3. The van der Waals surface area contributed by atoms with Crippen LogP contribution in [0.25, 0.3) is 10.6 Å². The molecular formula is C16H19BrN2S. The van der Waals surface area contributed by atoms with Crippen molar-refractivity contribution in [1.29, 1.82) is 0 Å². The maximum atomic E-state index is 4.93. The van der Waals surface area contributed by atoms with Gasteiger partial charge in [0.05, 0.1) is 11.7 Å². The number of aryl methyl sites for hydroxylation is 2. The van der Waals surface area contributed by atoms with Crippen molar-refractivity contribution in [2.24, 2.45) is 0 Å². The fourth-order valence-electron chi connectivity index (χ4n) is 2.76. The summed E-state index contributed by atoms with van der Waals surface area (Å²) in [6.45, 7) is 5.30. The summed E-state index contributed by atoms with van der Waals surface area (Å²) < 4.78 is 1.16. The molecule has 0 aliphatic heterocycles. The van der Waals surface area contributed by atoms with Crippen molar-refractivity contribution in [2.75, 3.05) is 6.54 Å². The third kappa shape index (κ3) is 2.69. The van der Waals surface area contributed by atoms with Crippen molar-refractivity contribution in [1.82, 2.24) is 10.3 Å². The summed E-state index contributed by atoms with van der Waals surface area (Å²) in [6.07, 6.45) is 3.67. The highest BCUT2D eigenvalue weighted by Gasteiger charge is 2.24. The molecule has 0 amide bonds. The maximum absolute atomic E-state index is 4.93. The van der Waals surface area contributed by atoms with Gasteiger partial charge in [-0.25, -0.2) is 4.98 Å². The zero-order chi connectivity index (χ0) is 14.1. The molecule has 0 spiro atoms. The Kier molecular flexibility index (Phi) is 4.24. The number of nitrogens with zero attached hydrogens (tertiary/aromatic N) is 1. The lowest BCUT2D eigenvalue weighted by Gasteiger charge is -2.21. The fourth-order valence-corrected chi connectivity index (χ4v) is 4.17. The molecule has 1 heterocycles. The average Bonchev–Trinajstić information content (AvgIpc) is 2.87. The molecule has 106 valence electrons. The molecule has 0 saturated heterocycles. The van der Waals surface area contributed by atoms with Crippen molar-refractivity contribution in [3.63, 3.8) is 0 Å². The first-order chi connectivity index (χ1) is 9.69. The summed E-state index contributed by atoms with van der Waals surface area (Å²) >= 11 is 5.43. The minimum atomic E-state index is 0.449. The van der Waals surface area contributed by atoms with Gasteiger partial charge in [0.1, 0.15) is 5.01 Å². The zero-order valence-electron chi connectivity index (χ0n) is 11.9. The second-order valence-electron chi connectivity index (χ2n) is 5.29. The van der Waals surface area contributed by atoms with Gasteiger partial charge in [-0.2, -0.15) is 0 Å². The van der Waals surface area contributed by atoms with E-state index in [1.165, 1.54) is 41.0 Å². The molecule has 1 aromatic carbocycles. The smallest absolute Gasteiger partial charge is 0.123 e. The predicted octanol–water partition coefficient (Wildman–Crippen LogP) is 4.87. The molecule has 1 aliphatic carbocycles. The standard InChI is InChI=1S/C16H19BrN2S/c1-3-18-13-5-4-6-14-15(13)19-16(20-14)11-7-8-12(17)10(2)9-11/h7-9,13,18H,3-6H2,1-2H3. The van der Waals surface area contributed by atoms with Crippen LogP contribution in [0.5, 0.6) is 0 Å². The highest BCUT2D eigenvalue weighted by Crippen LogP contribution is 2.37. The van der Waals surface area contributed by atoms with Gasteiger partial charge in [0.25, 0.3) is 0 Å². The molecule has 1 atom stereocenters. The second-order valence-corrected chi connectivity index (χ2v) is 7.23. The lowest BCUT2D eigenvalue weighted by Crippen LogP contribution is -2.24. The van der Waals surface area contributed by atoms with Gasteiger partial charge in [-0.1, -0.05) is 28.9 Å². The Morgan fingerprint density at radius 3 is 3.05 bits per heavy atom. The molecule has 1 unspecified atom stereocenters. The summed E-state index contributed by atoms with van der Waals surface area (Å²) in [5.74, 6) is 0. The molecule has 0 fully saturated rings. The van der Waals surface area contributed by atoms with Gasteiger partial charge in [0.15, 0.2) is 0 Å². The van der Waals surface area contributed by atoms with Gasteiger partial charge in [-0.3, -0.25) is 0 Å². The van der Waals surface area contributed by atoms with Gasteiger partial charge in [-0.05, 0) is 50.4 Å². The number of nitrogens with one attached hydrogen (secondary N) is 1. The molecule has 1 aromatic heterocycles. The Balaban J connectivity index is 1.97. The number of aromatic nitrogens is 1. The first-order valence-corrected chi connectivity index (χ1v) is 8.79. The molecule has 3 rings (SSSR count). The van der Waals surface area contributed by atoms with Crippen molar-refractivity contribution in [3.8, 4) is 10.6 Å². The van der Waals surface area contributed by atoms with E-state index in [0.29, 0.717) is 6.04 Å². The van der Waals surface area contributed by atoms with Gasteiger partial charge in [0, 0.05) is 14.9 Å². The molecular weight excluding hydrogens is 332 g/mol. The van der Waals surface area contributed by atoms with Crippen LogP contribution < -0.4 is 5.32 Å². The van der Waals surface area contributed by atoms with Crippen molar-refractivity contribution < 1.29 is 0 Å². The van der Waals surface area contributed by atoms with Gasteiger partial charge >= 0.3 is 0 Å². The van der Waals surface area contributed by atoms with Gasteiger partial charge in [-0.15, -0.1) is 11.3 Å². The Bertz CT molecular complexity index is 621.